The van der Waals surface area contributed by atoms with Crippen LogP contribution in [0.5, 0.6) is 0 Å². The molecule has 26 heavy (non-hydrogen) atoms. The second kappa shape index (κ2) is 8.08. The smallest absolute Gasteiger partial charge is 0.225 e. The molecule has 4 rings (SSSR count). The molecule has 1 aromatic rings. The van der Waals surface area contributed by atoms with Crippen molar-refractivity contribution in [1.82, 2.24) is 14.7 Å². The van der Waals surface area contributed by atoms with Gasteiger partial charge in [-0.1, -0.05) is 0 Å². The summed E-state index contributed by atoms with van der Waals surface area (Å²) in [6, 6.07) is 3.96. The molecule has 0 unspecified atom stereocenters. The maximum Gasteiger partial charge on any atom is 0.225 e. The first-order valence-electron chi connectivity index (χ1n) is 9.74. The van der Waals surface area contributed by atoms with E-state index in [-0.39, 0.29) is 17.9 Å². The number of furan rings is 1. The lowest BCUT2D eigenvalue weighted by molar-refractivity contribution is -0.136. The molecule has 1 aromatic heterocycles. The maximum atomic E-state index is 12.9. The van der Waals surface area contributed by atoms with Gasteiger partial charge < -0.3 is 19.2 Å². The van der Waals surface area contributed by atoms with Gasteiger partial charge >= 0.3 is 0 Å². The number of hydrogen-bond donors (Lipinski definition) is 1. The Bertz CT molecular complexity index is 580. The number of carbonyl (C=O) groups is 1. The Balaban J connectivity index is 1.27. The topological polar surface area (TPSA) is 69.4 Å². The summed E-state index contributed by atoms with van der Waals surface area (Å²) < 4.78 is 10.8. The van der Waals surface area contributed by atoms with Crippen LogP contribution < -0.4 is 0 Å². The zero-order valence-electron chi connectivity index (χ0n) is 15.3. The lowest BCUT2D eigenvalue weighted by Gasteiger charge is -2.34. The Morgan fingerprint density at radius 2 is 1.92 bits per heavy atom. The van der Waals surface area contributed by atoms with Crippen LogP contribution in [0.3, 0.4) is 0 Å². The molecule has 0 aromatic carbocycles. The van der Waals surface area contributed by atoms with Gasteiger partial charge in [0.2, 0.25) is 5.91 Å². The molecule has 3 fully saturated rings. The predicted molar refractivity (Wildman–Crippen MR) is 95.5 cm³/mol. The maximum absolute atomic E-state index is 12.9. The van der Waals surface area contributed by atoms with Gasteiger partial charge in [-0.25, -0.2) is 0 Å². The molecule has 0 radical (unpaired) electrons. The summed E-state index contributed by atoms with van der Waals surface area (Å²) in [7, 11) is 0. The van der Waals surface area contributed by atoms with Crippen molar-refractivity contribution in [3.8, 4) is 0 Å². The van der Waals surface area contributed by atoms with Gasteiger partial charge in [-0.05, 0) is 38.1 Å². The highest BCUT2D eigenvalue weighted by Gasteiger charge is 2.40. The second-order valence-electron chi connectivity index (χ2n) is 7.66. The van der Waals surface area contributed by atoms with Gasteiger partial charge in [-0.2, -0.15) is 0 Å². The molecule has 1 N–H and O–H groups in total. The zero-order valence-corrected chi connectivity index (χ0v) is 15.3. The van der Waals surface area contributed by atoms with Gasteiger partial charge in [0.05, 0.1) is 38.2 Å². The van der Waals surface area contributed by atoms with E-state index in [1.807, 2.05) is 17.0 Å². The number of piperidine rings is 1. The molecule has 1 amide bonds. The van der Waals surface area contributed by atoms with Crippen molar-refractivity contribution < 1.29 is 19.1 Å². The van der Waals surface area contributed by atoms with E-state index in [2.05, 4.69) is 9.80 Å². The van der Waals surface area contributed by atoms with Crippen LogP contribution in [0.4, 0.5) is 0 Å². The summed E-state index contributed by atoms with van der Waals surface area (Å²) in [6.07, 6.45) is 3.02. The minimum Gasteiger partial charge on any atom is -0.468 e. The summed E-state index contributed by atoms with van der Waals surface area (Å²) >= 11 is 0. The molecule has 144 valence electrons. The van der Waals surface area contributed by atoms with Crippen LogP contribution in [0.1, 0.15) is 18.6 Å². The molecule has 0 saturated carbocycles. The Morgan fingerprint density at radius 1 is 1.15 bits per heavy atom. The minimum atomic E-state index is -0.448. The largest absolute Gasteiger partial charge is 0.468 e. The average molecular weight is 363 g/mol. The molecular weight excluding hydrogens is 334 g/mol. The van der Waals surface area contributed by atoms with Crippen LogP contribution in [0.25, 0.3) is 0 Å². The van der Waals surface area contributed by atoms with Gasteiger partial charge in [0.1, 0.15) is 5.76 Å². The average Bonchev–Trinajstić information content (AvgIpc) is 3.32. The van der Waals surface area contributed by atoms with E-state index in [0.717, 1.165) is 51.3 Å². The first-order valence-corrected chi connectivity index (χ1v) is 9.74. The van der Waals surface area contributed by atoms with E-state index >= 15 is 0 Å². The SMILES string of the molecule is O=C(C1CCN(Cc2ccco2)CC1)N1C[C@@H](O)[C@H](N2CCOCC2)C1. The van der Waals surface area contributed by atoms with Crippen LogP contribution in [-0.4, -0.2) is 90.3 Å². The van der Waals surface area contributed by atoms with Gasteiger partial charge in [-0.15, -0.1) is 0 Å². The van der Waals surface area contributed by atoms with Crippen molar-refractivity contribution in [3.63, 3.8) is 0 Å². The van der Waals surface area contributed by atoms with Crippen LogP contribution in [-0.2, 0) is 16.1 Å². The number of ether oxygens (including phenoxy) is 1. The fourth-order valence-electron chi connectivity index (χ4n) is 4.44. The highest BCUT2D eigenvalue weighted by Crippen LogP contribution is 2.25. The first kappa shape index (κ1) is 18.0. The number of hydrogen-bond acceptors (Lipinski definition) is 6. The van der Waals surface area contributed by atoms with Crippen LogP contribution in [0.15, 0.2) is 22.8 Å². The van der Waals surface area contributed by atoms with Crippen molar-refractivity contribution in [3.05, 3.63) is 24.2 Å². The molecular formula is C19H29N3O4. The van der Waals surface area contributed by atoms with Crippen LogP contribution in [0, 0.1) is 5.92 Å². The Morgan fingerprint density at radius 3 is 2.62 bits per heavy atom. The zero-order chi connectivity index (χ0) is 17.9. The van der Waals surface area contributed by atoms with Crippen LogP contribution in [0.2, 0.25) is 0 Å². The molecule has 7 heteroatoms. The monoisotopic (exact) mass is 363 g/mol. The molecule has 2 atom stereocenters. The number of nitrogens with zero attached hydrogens (tertiary/aromatic N) is 3. The second-order valence-corrected chi connectivity index (χ2v) is 7.66. The van der Waals surface area contributed by atoms with E-state index in [1.165, 1.54) is 0 Å². The van der Waals surface area contributed by atoms with E-state index in [0.29, 0.717) is 26.3 Å². The van der Waals surface area contributed by atoms with E-state index < -0.39 is 6.10 Å². The summed E-state index contributed by atoms with van der Waals surface area (Å²) in [4.78, 5) is 19.4. The molecule has 7 nitrogen and oxygen atoms in total. The molecule has 3 saturated heterocycles. The molecule has 0 aliphatic carbocycles. The van der Waals surface area contributed by atoms with Crippen LogP contribution >= 0.6 is 0 Å². The van der Waals surface area contributed by atoms with Crippen molar-refractivity contribution in [2.75, 3.05) is 52.5 Å². The summed E-state index contributed by atoms with van der Waals surface area (Å²) in [5.41, 5.74) is 0. The first-order chi connectivity index (χ1) is 12.7. The number of carbonyl (C=O) groups excluding carboxylic acids is 1. The standard InChI is InChI=1S/C19H29N3O4/c23-18-14-22(13-17(18)21-7-10-25-11-8-21)19(24)15-3-5-20(6-4-15)12-16-2-1-9-26-16/h1-2,9,15,17-18,23H,3-8,10-14H2/t17-,18-/m1/s1. The highest BCUT2D eigenvalue weighted by atomic mass is 16.5. The summed E-state index contributed by atoms with van der Waals surface area (Å²) in [5, 5.41) is 10.4. The Kier molecular flexibility index (Phi) is 5.59. The number of morpholine rings is 1. The van der Waals surface area contributed by atoms with Crippen molar-refractivity contribution in [1.29, 1.82) is 0 Å². The van der Waals surface area contributed by atoms with Gasteiger partial charge in [0, 0.05) is 32.1 Å². The molecule has 3 aliphatic rings. The quantitative estimate of drug-likeness (QED) is 0.835. The normalized spacial score (nSPS) is 29.3. The van der Waals surface area contributed by atoms with Crippen molar-refractivity contribution >= 4 is 5.91 Å². The van der Waals surface area contributed by atoms with E-state index in [9.17, 15) is 9.90 Å². The number of rotatable bonds is 4. The van der Waals surface area contributed by atoms with Gasteiger partial charge in [0.15, 0.2) is 0 Å². The highest BCUT2D eigenvalue weighted by molar-refractivity contribution is 5.79. The third-order valence-electron chi connectivity index (χ3n) is 5.98. The van der Waals surface area contributed by atoms with E-state index in [4.69, 9.17) is 9.15 Å². The fourth-order valence-corrected chi connectivity index (χ4v) is 4.44. The number of likely N-dealkylation sites (tertiary alicyclic amines) is 2. The summed E-state index contributed by atoms with van der Waals surface area (Å²) in [6.45, 7) is 6.87. The summed E-state index contributed by atoms with van der Waals surface area (Å²) in [5.74, 6) is 1.28. The minimum absolute atomic E-state index is 0.0573. The predicted octanol–water partition coefficient (Wildman–Crippen LogP) is 0.396. The lowest BCUT2D eigenvalue weighted by atomic mass is 9.95. The third-order valence-corrected chi connectivity index (χ3v) is 5.98. The number of aliphatic hydroxyl groups is 1. The fraction of sp³-hybridized carbons (Fsp3) is 0.737. The van der Waals surface area contributed by atoms with Crippen molar-refractivity contribution in [2.45, 2.75) is 31.5 Å². The molecule has 0 bridgehead atoms. The number of β-amino-alcohol motifs (C(OH)–C–C–N with tert-alkyl or cyclic N) is 1. The van der Waals surface area contributed by atoms with E-state index in [1.54, 1.807) is 6.26 Å². The van der Waals surface area contributed by atoms with Gasteiger partial charge in [-0.3, -0.25) is 14.6 Å². The third kappa shape index (κ3) is 3.96. The molecule has 4 heterocycles. The number of aliphatic hydroxyl groups excluding tert-OH is 1. The lowest BCUT2D eigenvalue weighted by Crippen LogP contribution is -2.49. The Hall–Kier alpha value is -1.41. The molecule has 3 aliphatic heterocycles. The van der Waals surface area contributed by atoms with Crippen molar-refractivity contribution in [2.24, 2.45) is 5.92 Å². The molecule has 0 spiro atoms. The van der Waals surface area contributed by atoms with Gasteiger partial charge in [0.25, 0.3) is 0 Å². The Labute approximate surface area is 154 Å². The number of amides is 1.